The SMILES string of the molecule is C=CC(=O)OCCCCCOC(=O)c1ccc(C2CCC(CCC)CC2)cc1. The van der Waals surface area contributed by atoms with Gasteiger partial charge in [0.05, 0.1) is 18.8 Å². The highest BCUT2D eigenvalue weighted by Crippen LogP contribution is 2.37. The molecule has 0 spiro atoms. The fourth-order valence-electron chi connectivity index (χ4n) is 3.94. The predicted octanol–water partition coefficient (Wildman–Crippen LogP) is 5.82. The van der Waals surface area contributed by atoms with Crippen molar-refractivity contribution >= 4 is 11.9 Å². The Bertz CT molecular complexity index is 612. The minimum Gasteiger partial charge on any atom is -0.463 e. The van der Waals surface area contributed by atoms with E-state index in [1.54, 1.807) is 0 Å². The minimum atomic E-state index is -0.399. The molecule has 1 aromatic carbocycles. The lowest BCUT2D eigenvalue weighted by molar-refractivity contribution is -0.137. The fourth-order valence-corrected chi connectivity index (χ4v) is 3.94. The van der Waals surface area contributed by atoms with Crippen molar-refractivity contribution in [2.75, 3.05) is 13.2 Å². The van der Waals surface area contributed by atoms with Crippen LogP contribution >= 0.6 is 0 Å². The third kappa shape index (κ3) is 7.49. The third-order valence-corrected chi connectivity index (χ3v) is 5.59. The van der Waals surface area contributed by atoms with Gasteiger partial charge in [0.25, 0.3) is 0 Å². The summed E-state index contributed by atoms with van der Waals surface area (Å²) in [7, 11) is 0. The smallest absolute Gasteiger partial charge is 0.338 e. The van der Waals surface area contributed by atoms with Gasteiger partial charge in [-0.15, -0.1) is 0 Å². The lowest BCUT2D eigenvalue weighted by Gasteiger charge is -2.28. The summed E-state index contributed by atoms with van der Waals surface area (Å²) in [6.07, 6.45) is 11.3. The molecule has 0 aromatic heterocycles. The highest BCUT2D eigenvalue weighted by atomic mass is 16.5. The molecule has 0 amide bonds. The van der Waals surface area contributed by atoms with Crippen LogP contribution in [0.3, 0.4) is 0 Å². The summed E-state index contributed by atoms with van der Waals surface area (Å²) in [6.45, 7) is 6.38. The van der Waals surface area contributed by atoms with Gasteiger partial charge in [-0.05, 0) is 74.5 Å². The number of rotatable bonds is 11. The first-order valence-electron chi connectivity index (χ1n) is 10.7. The Kier molecular flexibility index (Phi) is 9.81. The molecule has 0 radical (unpaired) electrons. The molecular formula is C24H34O4. The monoisotopic (exact) mass is 386 g/mol. The Hall–Kier alpha value is -2.10. The van der Waals surface area contributed by atoms with Crippen LogP contribution in [0.25, 0.3) is 0 Å². The molecular weight excluding hydrogens is 352 g/mol. The van der Waals surface area contributed by atoms with E-state index in [0.29, 0.717) is 24.7 Å². The molecule has 4 nitrogen and oxygen atoms in total. The topological polar surface area (TPSA) is 52.6 Å². The van der Waals surface area contributed by atoms with Crippen LogP contribution < -0.4 is 0 Å². The number of hydrogen-bond acceptors (Lipinski definition) is 4. The van der Waals surface area contributed by atoms with Crippen molar-refractivity contribution in [3.8, 4) is 0 Å². The lowest BCUT2D eigenvalue weighted by Crippen LogP contribution is -2.13. The zero-order chi connectivity index (χ0) is 20.2. The Labute approximate surface area is 169 Å². The first kappa shape index (κ1) is 22.2. The molecule has 0 heterocycles. The molecule has 4 heteroatoms. The standard InChI is InChI=1S/C24H34O4/c1-3-8-19-9-11-20(12-10-19)21-13-15-22(16-14-21)24(26)28-18-7-5-6-17-27-23(25)4-2/h4,13-16,19-20H,2-3,5-12,17-18H2,1H3. The second-order valence-corrected chi connectivity index (χ2v) is 7.70. The zero-order valence-corrected chi connectivity index (χ0v) is 17.2. The van der Waals surface area contributed by atoms with Crippen molar-refractivity contribution < 1.29 is 19.1 Å². The molecule has 0 unspecified atom stereocenters. The van der Waals surface area contributed by atoms with Crippen LogP contribution in [0.2, 0.25) is 0 Å². The van der Waals surface area contributed by atoms with Gasteiger partial charge < -0.3 is 9.47 Å². The average molecular weight is 387 g/mol. The summed E-state index contributed by atoms with van der Waals surface area (Å²) in [5.74, 6) is 0.873. The van der Waals surface area contributed by atoms with E-state index in [1.165, 1.54) is 44.1 Å². The number of carbonyl (C=O) groups is 2. The molecule has 0 atom stereocenters. The lowest BCUT2D eigenvalue weighted by atomic mass is 9.77. The summed E-state index contributed by atoms with van der Waals surface area (Å²) >= 11 is 0. The number of carbonyl (C=O) groups excluding carboxylic acids is 2. The van der Waals surface area contributed by atoms with Crippen molar-refractivity contribution in [2.45, 2.75) is 70.6 Å². The van der Waals surface area contributed by atoms with Crippen LogP contribution in [0.5, 0.6) is 0 Å². The van der Waals surface area contributed by atoms with Crippen molar-refractivity contribution in [2.24, 2.45) is 5.92 Å². The largest absolute Gasteiger partial charge is 0.463 e. The molecule has 1 aromatic rings. The summed E-state index contributed by atoms with van der Waals surface area (Å²) in [4.78, 5) is 23.1. The third-order valence-electron chi connectivity index (χ3n) is 5.59. The number of esters is 2. The summed E-state index contributed by atoms with van der Waals surface area (Å²) in [6, 6.07) is 7.97. The molecule has 1 aliphatic rings. The van der Waals surface area contributed by atoms with Crippen LogP contribution in [0, 0.1) is 5.92 Å². The van der Waals surface area contributed by atoms with Crippen LogP contribution in [-0.2, 0) is 14.3 Å². The van der Waals surface area contributed by atoms with Gasteiger partial charge >= 0.3 is 11.9 Å². The quantitative estimate of drug-likeness (QED) is 0.273. The van der Waals surface area contributed by atoms with Gasteiger partial charge in [0.15, 0.2) is 0 Å². The normalized spacial score (nSPS) is 19.0. The highest BCUT2D eigenvalue weighted by Gasteiger charge is 2.22. The van der Waals surface area contributed by atoms with Gasteiger partial charge in [0, 0.05) is 6.08 Å². The Balaban J connectivity index is 1.65. The van der Waals surface area contributed by atoms with Crippen LogP contribution in [0.4, 0.5) is 0 Å². The fraction of sp³-hybridized carbons (Fsp3) is 0.583. The van der Waals surface area contributed by atoms with Gasteiger partial charge in [-0.25, -0.2) is 9.59 Å². The second kappa shape index (κ2) is 12.4. The minimum absolute atomic E-state index is 0.267. The molecule has 0 N–H and O–H groups in total. The maximum atomic E-state index is 12.2. The average Bonchev–Trinajstić information content (AvgIpc) is 2.73. The first-order chi connectivity index (χ1) is 13.6. The molecule has 28 heavy (non-hydrogen) atoms. The maximum Gasteiger partial charge on any atom is 0.338 e. The van der Waals surface area contributed by atoms with Gasteiger partial charge in [0.2, 0.25) is 0 Å². The van der Waals surface area contributed by atoms with Crippen molar-refractivity contribution in [3.63, 3.8) is 0 Å². The van der Waals surface area contributed by atoms with E-state index in [1.807, 2.05) is 12.1 Å². The molecule has 0 aliphatic heterocycles. The number of benzene rings is 1. The number of hydrogen-bond donors (Lipinski definition) is 0. The first-order valence-corrected chi connectivity index (χ1v) is 10.7. The highest BCUT2D eigenvalue weighted by molar-refractivity contribution is 5.89. The van der Waals surface area contributed by atoms with E-state index in [-0.39, 0.29) is 5.97 Å². The zero-order valence-electron chi connectivity index (χ0n) is 17.2. The van der Waals surface area contributed by atoms with Gasteiger partial charge in [-0.1, -0.05) is 38.5 Å². The predicted molar refractivity (Wildman–Crippen MR) is 111 cm³/mol. The van der Waals surface area contributed by atoms with Gasteiger partial charge in [-0.3, -0.25) is 0 Å². The Morgan fingerprint density at radius 3 is 2.25 bits per heavy atom. The second-order valence-electron chi connectivity index (χ2n) is 7.70. The van der Waals surface area contributed by atoms with Crippen LogP contribution in [-0.4, -0.2) is 25.2 Å². The van der Waals surface area contributed by atoms with Gasteiger partial charge in [0.1, 0.15) is 0 Å². The van der Waals surface area contributed by atoms with E-state index in [2.05, 4.69) is 25.6 Å². The number of unbranched alkanes of at least 4 members (excludes halogenated alkanes) is 2. The summed E-state index contributed by atoms with van der Waals surface area (Å²) in [5, 5.41) is 0. The van der Waals surface area contributed by atoms with Gasteiger partial charge in [-0.2, -0.15) is 0 Å². The van der Waals surface area contributed by atoms with E-state index >= 15 is 0 Å². The van der Waals surface area contributed by atoms with Crippen LogP contribution in [0.1, 0.15) is 86.6 Å². The molecule has 1 saturated carbocycles. The molecule has 2 rings (SSSR count). The Morgan fingerprint density at radius 1 is 1.00 bits per heavy atom. The van der Waals surface area contributed by atoms with Crippen molar-refractivity contribution in [1.29, 1.82) is 0 Å². The van der Waals surface area contributed by atoms with E-state index in [4.69, 9.17) is 9.47 Å². The summed E-state index contributed by atoms with van der Waals surface area (Å²) < 4.78 is 10.2. The molecule has 154 valence electrons. The van der Waals surface area contributed by atoms with Crippen molar-refractivity contribution in [1.82, 2.24) is 0 Å². The maximum absolute atomic E-state index is 12.2. The van der Waals surface area contributed by atoms with E-state index in [9.17, 15) is 9.59 Å². The molecule has 1 fully saturated rings. The number of ether oxygens (including phenoxy) is 2. The van der Waals surface area contributed by atoms with Crippen LogP contribution in [0.15, 0.2) is 36.9 Å². The molecule has 1 aliphatic carbocycles. The molecule has 0 saturated heterocycles. The Morgan fingerprint density at radius 2 is 1.64 bits per heavy atom. The summed E-state index contributed by atoms with van der Waals surface area (Å²) in [5.41, 5.74) is 1.96. The molecule has 0 bridgehead atoms. The van der Waals surface area contributed by atoms with E-state index in [0.717, 1.165) is 31.3 Å². The van der Waals surface area contributed by atoms with Crippen molar-refractivity contribution in [3.05, 3.63) is 48.0 Å². The van der Waals surface area contributed by atoms with E-state index < -0.39 is 5.97 Å².